The van der Waals surface area contributed by atoms with Crippen molar-refractivity contribution in [3.63, 3.8) is 0 Å². The van der Waals surface area contributed by atoms with Crippen LogP contribution in [0.5, 0.6) is 0 Å². The van der Waals surface area contributed by atoms with Gasteiger partial charge in [0.05, 0.1) is 5.69 Å². The third kappa shape index (κ3) is 4.44. The summed E-state index contributed by atoms with van der Waals surface area (Å²) in [6, 6.07) is 4.11. The molecule has 2 N–H and O–H groups in total. The number of rotatable bonds is 4. The van der Waals surface area contributed by atoms with Crippen molar-refractivity contribution in [3.8, 4) is 0 Å². The third-order valence-electron chi connectivity index (χ3n) is 3.11. The maximum Gasteiger partial charge on any atom is 0.224 e. The van der Waals surface area contributed by atoms with Gasteiger partial charge in [-0.05, 0) is 37.9 Å². The topological polar surface area (TPSA) is 41.1 Å². The van der Waals surface area contributed by atoms with Crippen LogP contribution in [-0.4, -0.2) is 18.5 Å². The van der Waals surface area contributed by atoms with Crippen molar-refractivity contribution in [2.24, 2.45) is 0 Å². The van der Waals surface area contributed by atoms with E-state index in [-0.39, 0.29) is 24.0 Å². The lowest BCUT2D eigenvalue weighted by Crippen LogP contribution is -2.23. The number of hydrogen-bond acceptors (Lipinski definition) is 2. The van der Waals surface area contributed by atoms with E-state index in [9.17, 15) is 13.6 Å². The van der Waals surface area contributed by atoms with Gasteiger partial charge in [-0.3, -0.25) is 4.79 Å². The molecule has 6 heteroatoms. The van der Waals surface area contributed by atoms with Gasteiger partial charge in [0.15, 0.2) is 11.6 Å². The van der Waals surface area contributed by atoms with E-state index in [0.29, 0.717) is 12.5 Å². The lowest BCUT2D eigenvalue weighted by molar-refractivity contribution is -0.116. The van der Waals surface area contributed by atoms with E-state index in [4.69, 9.17) is 0 Å². The maximum atomic E-state index is 13.3. The van der Waals surface area contributed by atoms with Crippen molar-refractivity contribution in [1.82, 2.24) is 5.32 Å². The summed E-state index contributed by atoms with van der Waals surface area (Å²) in [4.78, 5) is 11.6. The predicted octanol–water partition coefficient (Wildman–Crippen LogP) is 2.86. The van der Waals surface area contributed by atoms with Crippen LogP contribution >= 0.6 is 12.4 Å². The lowest BCUT2D eigenvalue weighted by atomic mass is 10.1. The zero-order valence-electron chi connectivity index (χ0n) is 10.4. The monoisotopic (exact) mass is 290 g/mol. The Bertz CT molecular complexity index is 437. The van der Waals surface area contributed by atoms with Gasteiger partial charge in [-0.15, -0.1) is 12.4 Å². The molecular weight excluding hydrogens is 274 g/mol. The highest BCUT2D eigenvalue weighted by molar-refractivity contribution is 5.90. The Balaban J connectivity index is 0.00000180. The molecule has 1 unspecified atom stereocenters. The Kier molecular flexibility index (Phi) is 6.18. The number of halogens is 3. The smallest absolute Gasteiger partial charge is 0.224 e. The summed E-state index contributed by atoms with van der Waals surface area (Å²) in [5.41, 5.74) is -0.0978. The molecule has 19 heavy (non-hydrogen) atoms. The fourth-order valence-corrected chi connectivity index (χ4v) is 2.12. The van der Waals surface area contributed by atoms with E-state index in [1.807, 2.05) is 0 Å². The highest BCUT2D eigenvalue weighted by Gasteiger charge is 2.16. The summed E-state index contributed by atoms with van der Waals surface area (Å²) in [5, 5.41) is 5.68. The maximum absolute atomic E-state index is 13.3. The molecule has 1 saturated heterocycles. The second-order valence-corrected chi connectivity index (χ2v) is 4.48. The van der Waals surface area contributed by atoms with Crippen molar-refractivity contribution in [2.45, 2.75) is 31.7 Å². The highest BCUT2D eigenvalue weighted by atomic mass is 35.5. The Labute approximate surface area is 117 Å². The van der Waals surface area contributed by atoms with E-state index in [2.05, 4.69) is 10.6 Å². The summed E-state index contributed by atoms with van der Waals surface area (Å²) >= 11 is 0. The fourth-order valence-electron chi connectivity index (χ4n) is 2.12. The SMILES string of the molecule is Cl.O=C(CCC1CCCN1)Nc1cccc(F)c1F. The van der Waals surface area contributed by atoms with Crippen LogP contribution in [0.25, 0.3) is 0 Å². The molecule has 1 fully saturated rings. The van der Waals surface area contributed by atoms with Gasteiger partial charge in [0, 0.05) is 12.5 Å². The summed E-state index contributed by atoms with van der Waals surface area (Å²) < 4.78 is 26.2. The average Bonchev–Trinajstić information content (AvgIpc) is 2.86. The number of carbonyl (C=O) groups is 1. The van der Waals surface area contributed by atoms with Crippen LogP contribution in [0.2, 0.25) is 0 Å². The lowest BCUT2D eigenvalue weighted by Gasteiger charge is -2.10. The minimum atomic E-state index is -1.01. The highest BCUT2D eigenvalue weighted by Crippen LogP contribution is 2.17. The normalized spacial score (nSPS) is 17.9. The first kappa shape index (κ1) is 15.9. The predicted molar refractivity (Wildman–Crippen MR) is 72.5 cm³/mol. The Morgan fingerprint density at radius 2 is 2.21 bits per heavy atom. The van der Waals surface area contributed by atoms with Crippen LogP contribution < -0.4 is 10.6 Å². The molecule has 2 rings (SSSR count). The largest absolute Gasteiger partial charge is 0.324 e. The van der Waals surface area contributed by atoms with Gasteiger partial charge in [-0.25, -0.2) is 8.78 Å². The van der Waals surface area contributed by atoms with Crippen LogP contribution in [0.1, 0.15) is 25.7 Å². The van der Waals surface area contributed by atoms with E-state index in [0.717, 1.165) is 31.9 Å². The molecule has 0 bridgehead atoms. The quantitative estimate of drug-likeness (QED) is 0.895. The Hall–Kier alpha value is -1.20. The molecule has 1 heterocycles. The van der Waals surface area contributed by atoms with Crippen molar-refractivity contribution < 1.29 is 13.6 Å². The minimum absolute atomic E-state index is 0. The molecule has 0 radical (unpaired) electrons. The summed E-state index contributed by atoms with van der Waals surface area (Å²) in [6.45, 7) is 0.991. The average molecular weight is 291 g/mol. The van der Waals surface area contributed by atoms with Gasteiger partial charge >= 0.3 is 0 Å². The van der Waals surface area contributed by atoms with Gasteiger partial charge in [-0.1, -0.05) is 6.07 Å². The molecule has 1 aromatic rings. The molecule has 106 valence electrons. The Morgan fingerprint density at radius 3 is 2.89 bits per heavy atom. The van der Waals surface area contributed by atoms with Crippen LogP contribution in [0.15, 0.2) is 18.2 Å². The molecule has 1 aromatic carbocycles. The molecule has 0 aliphatic carbocycles. The molecule has 3 nitrogen and oxygen atoms in total. The first-order valence-corrected chi connectivity index (χ1v) is 6.14. The first-order valence-electron chi connectivity index (χ1n) is 6.14. The molecular formula is C13H17ClF2N2O. The number of benzene rings is 1. The van der Waals surface area contributed by atoms with Gasteiger partial charge in [-0.2, -0.15) is 0 Å². The van der Waals surface area contributed by atoms with Crippen LogP contribution in [0.3, 0.4) is 0 Å². The number of hydrogen-bond donors (Lipinski definition) is 2. The van der Waals surface area contributed by atoms with Crippen LogP contribution in [-0.2, 0) is 4.79 Å². The van der Waals surface area contributed by atoms with Crippen molar-refractivity contribution in [1.29, 1.82) is 0 Å². The zero-order valence-corrected chi connectivity index (χ0v) is 11.2. The van der Waals surface area contributed by atoms with Crippen LogP contribution in [0, 0.1) is 11.6 Å². The zero-order chi connectivity index (χ0) is 13.0. The summed E-state index contributed by atoms with van der Waals surface area (Å²) in [5.74, 6) is -2.25. The van der Waals surface area contributed by atoms with E-state index in [1.54, 1.807) is 0 Å². The molecule has 0 spiro atoms. The van der Waals surface area contributed by atoms with Gasteiger partial charge in [0.2, 0.25) is 5.91 Å². The van der Waals surface area contributed by atoms with Crippen molar-refractivity contribution in [2.75, 3.05) is 11.9 Å². The molecule has 1 atom stereocenters. The molecule has 1 amide bonds. The van der Waals surface area contributed by atoms with Gasteiger partial charge in [0.25, 0.3) is 0 Å². The number of carbonyl (C=O) groups excluding carboxylic acids is 1. The second-order valence-electron chi connectivity index (χ2n) is 4.48. The van der Waals surface area contributed by atoms with E-state index >= 15 is 0 Å². The molecule has 0 aromatic heterocycles. The van der Waals surface area contributed by atoms with Gasteiger partial charge < -0.3 is 10.6 Å². The first-order chi connectivity index (χ1) is 8.66. The van der Waals surface area contributed by atoms with E-state index in [1.165, 1.54) is 12.1 Å². The fraction of sp³-hybridized carbons (Fsp3) is 0.462. The van der Waals surface area contributed by atoms with Crippen LogP contribution in [0.4, 0.5) is 14.5 Å². The molecule has 1 aliphatic heterocycles. The van der Waals surface area contributed by atoms with E-state index < -0.39 is 11.6 Å². The van der Waals surface area contributed by atoms with Gasteiger partial charge in [0.1, 0.15) is 0 Å². The minimum Gasteiger partial charge on any atom is -0.324 e. The second kappa shape index (κ2) is 7.40. The number of nitrogens with one attached hydrogen (secondary N) is 2. The number of amides is 1. The summed E-state index contributed by atoms with van der Waals surface area (Å²) in [7, 11) is 0. The molecule has 0 saturated carbocycles. The molecule has 1 aliphatic rings. The summed E-state index contributed by atoms with van der Waals surface area (Å²) in [6.07, 6.45) is 3.24. The Morgan fingerprint density at radius 1 is 1.42 bits per heavy atom. The third-order valence-corrected chi connectivity index (χ3v) is 3.11. The number of anilines is 1. The van der Waals surface area contributed by atoms with Crippen molar-refractivity contribution in [3.05, 3.63) is 29.8 Å². The van der Waals surface area contributed by atoms with Crippen molar-refractivity contribution >= 4 is 24.0 Å². The standard InChI is InChI=1S/C13H16F2N2O.ClH/c14-10-4-1-5-11(13(10)15)17-12(18)7-6-9-3-2-8-16-9;/h1,4-5,9,16H,2-3,6-8H2,(H,17,18);1H.